The number of benzene rings is 2. The summed E-state index contributed by atoms with van der Waals surface area (Å²) in [6, 6.07) is 9.87. The minimum absolute atomic E-state index is 0.00860. The van der Waals surface area contributed by atoms with Crippen LogP contribution >= 0.6 is 0 Å². The van der Waals surface area contributed by atoms with Crippen molar-refractivity contribution in [1.82, 2.24) is 4.31 Å². The lowest BCUT2D eigenvalue weighted by Crippen LogP contribution is -2.40. The van der Waals surface area contributed by atoms with Gasteiger partial charge in [0, 0.05) is 24.8 Å². The van der Waals surface area contributed by atoms with E-state index in [4.69, 9.17) is 18.9 Å². The number of sulfonamides is 1. The Morgan fingerprint density at radius 1 is 1.03 bits per heavy atom. The summed E-state index contributed by atoms with van der Waals surface area (Å²) in [5.41, 5.74) is 0.959. The van der Waals surface area contributed by atoms with Gasteiger partial charge in [-0.15, -0.1) is 0 Å². The van der Waals surface area contributed by atoms with E-state index in [0.717, 1.165) is 0 Å². The van der Waals surface area contributed by atoms with Gasteiger partial charge in [0.15, 0.2) is 0 Å². The van der Waals surface area contributed by atoms with Crippen LogP contribution in [0.15, 0.2) is 41.3 Å². The number of amides is 1. The highest BCUT2D eigenvalue weighted by atomic mass is 32.2. The highest BCUT2D eigenvalue weighted by molar-refractivity contribution is 7.89. The van der Waals surface area contributed by atoms with Crippen LogP contribution in [0.4, 0.5) is 11.4 Å². The third-order valence-electron chi connectivity index (χ3n) is 5.04. The Hall–Kier alpha value is -3.02. The Morgan fingerprint density at radius 3 is 2.41 bits per heavy atom. The summed E-state index contributed by atoms with van der Waals surface area (Å²) >= 11 is 0. The molecule has 11 heteroatoms. The van der Waals surface area contributed by atoms with E-state index >= 15 is 0 Å². The number of nitrogens with one attached hydrogen (secondary N) is 2. The van der Waals surface area contributed by atoms with Gasteiger partial charge in [-0.05, 0) is 44.2 Å². The SMILES string of the molecule is CCOc1ccc(OCC)c(NCC(=O)Nc2ccc(OC)c(S(=O)(=O)N3CCOCC3)c2)c1. The zero-order valence-corrected chi connectivity index (χ0v) is 20.4. The van der Waals surface area contributed by atoms with Gasteiger partial charge in [0.2, 0.25) is 15.9 Å². The predicted octanol–water partition coefficient (Wildman–Crippen LogP) is 2.56. The Balaban J connectivity index is 1.73. The molecule has 1 amide bonds. The number of hydrogen-bond donors (Lipinski definition) is 2. The highest BCUT2D eigenvalue weighted by Crippen LogP contribution is 2.31. The number of carbonyl (C=O) groups is 1. The third kappa shape index (κ3) is 6.31. The molecule has 2 aromatic carbocycles. The monoisotopic (exact) mass is 493 g/mol. The van der Waals surface area contributed by atoms with E-state index < -0.39 is 10.0 Å². The van der Waals surface area contributed by atoms with Gasteiger partial charge in [-0.3, -0.25) is 4.79 Å². The number of methoxy groups -OCH3 is 1. The van der Waals surface area contributed by atoms with Gasteiger partial charge in [0.25, 0.3) is 0 Å². The van der Waals surface area contributed by atoms with Gasteiger partial charge in [-0.1, -0.05) is 0 Å². The van der Waals surface area contributed by atoms with Crippen LogP contribution in [-0.4, -0.2) is 71.8 Å². The molecule has 0 saturated carbocycles. The van der Waals surface area contributed by atoms with E-state index in [1.165, 1.54) is 23.5 Å². The first-order valence-corrected chi connectivity index (χ1v) is 12.5. The molecule has 10 nitrogen and oxygen atoms in total. The molecule has 0 aromatic heterocycles. The molecule has 0 atom stereocenters. The summed E-state index contributed by atoms with van der Waals surface area (Å²) in [7, 11) is -2.40. The molecule has 0 aliphatic carbocycles. The van der Waals surface area contributed by atoms with Crippen LogP contribution in [0.5, 0.6) is 17.2 Å². The van der Waals surface area contributed by atoms with E-state index in [-0.39, 0.29) is 36.2 Å². The van der Waals surface area contributed by atoms with E-state index in [2.05, 4.69) is 10.6 Å². The molecule has 3 rings (SSSR count). The number of ether oxygens (including phenoxy) is 4. The Morgan fingerprint density at radius 2 is 1.74 bits per heavy atom. The summed E-state index contributed by atoms with van der Waals surface area (Å²) in [4.78, 5) is 12.6. The Labute approximate surface area is 200 Å². The lowest BCUT2D eigenvalue weighted by molar-refractivity contribution is -0.114. The number of hydrogen-bond acceptors (Lipinski definition) is 8. The van der Waals surface area contributed by atoms with Crippen molar-refractivity contribution in [1.29, 1.82) is 0 Å². The van der Waals surface area contributed by atoms with Crippen molar-refractivity contribution in [2.24, 2.45) is 0 Å². The normalized spacial score (nSPS) is 14.3. The second-order valence-electron chi connectivity index (χ2n) is 7.31. The Kier molecular flexibility index (Phi) is 8.97. The largest absolute Gasteiger partial charge is 0.495 e. The molecular weight excluding hydrogens is 462 g/mol. The van der Waals surface area contributed by atoms with Gasteiger partial charge in [-0.25, -0.2) is 8.42 Å². The fraction of sp³-hybridized carbons (Fsp3) is 0.435. The molecule has 2 aromatic rings. The summed E-state index contributed by atoms with van der Waals surface area (Å²) < 4.78 is 49.3. The maximum atomic E-state index is 13.1. The average molecular weight is 494 g/mol. The molecule has 1 fully saturated rings. The first-order chi connectivity index (χ1) is 16.4. The third-order valence-corrected chi connectivity index (χ3v) is 6.96. The first-order valence-electron chi connectivity index (χ1n) is 11.1. The number of carbonyl (C=O) groups excluding carboxylic acids is 1. The van der Waals surface area contributed by atoms with Crippen LogP contribution in [0, 0.1) is 0 Å². The van der Waals surface area contributed by atoms with Crippen molar-refractivity contribution in [3.05, 3.63) is 36.4 Å². The van der Waals surface area contributed by atoms with Crippen molar-refractivity contribution >= 4 is 27.3 Å². The molecule has 34 heavy (non-hydrogen) atoms. The minimum Gasteiger partial charge on any atom is -0.495 e. The molecule has 0 bridgehead atoms. The van der Waals surface area contributed by atoms with Crippen LogP contribution in [0.2, 0.25) is 0 Å². The van der Waals surface area contributed by atoms with Gasteiger partial charge in [-0.2, -0.15) is 4.31 Å². The second kappa shape index (κ2) is 11.9. The zero-order valence-electron chi connectivity index (χ0n) is 19.6. The predicted molar refractivity (Wildman–Crippen MR) is 128 cm³/mol. The number of rotatable bonds is 11. The first kappa shape index (κ1) is 25.6. The van der Waals surface area contributed by atoms with Crippen molar-refractivity contribution in [3.63, 3.8) is 0 Å². The molecule has 186 valence electrons. The number of anilines is 2. The van der Waals surface area contributed by atoms with Crippen molar-refractivity contribution in [3.8, 4) is 17.2 Å². The fourth-order valence-electron chi connectivity index (χ4n) is 3.45. The van der Waals surface area contributed by atoms with E-state index in [9.17, 15) is 13.2 Å². The van der Waals surface area contributed by atoms with E-state index in [1.807, 2.05) is 13.8 Å². The molecule has 0 spiro atoms. The topological polar surface area (TPSA) is 115 Å². The number of morpholine rings is 1. The maximum Gasteiger partial charge on any atom is 0.246 e. The molecule has 0 unspecified atom stereocenters. The lowest BCUT2D eigenvalue weighted by Gasteiger charge is -2.26. The quantitative estimate of drug-likeness (QED) is 0.491. The molecule has 1 aliphatic rings. The van der Waals surface area contributed by atoms with Gasteiger partial charge >= 0.3 is 0 Å². The summed E-state index contributed by atoms with van der Waals surface area (Å²) in [5.74, 6) is 1.10. The van der Waals surface area contributed by atoms with Gasteiger partial charge in [0.05, 0.1) is 45.8 Å². The second-order valence-corrected chi connectivity index (χ2v) is 9.21. The molecule has 0 radical (unpaired) electrons. The van der Waals surface area contributed by atoms with Gasteiger partial charge < -0.3 is 29.6 Å². The van der Waals surface area contributed by atoms with Crippen molar-refractivity contribution < 1.29 is 32.2 Å². The summed E-state index contributed by atoms with van der Waals surface area (Å²) in [5, 5.41) is 5.79. The van der Waals surface area contributed by atoms with E-state index in [0.29, 0.717) is 49.3 Å². The fourth-order valence-corrected chi connectivity index (χ4v) is 5.04. The summed E-state index contributed by atoms with van der Waals surface area (Å²) in [6.07, 6.45) is 0. The molecule has 1 heterocycles. The van der Waals surface area contributed by atoms with Crippen molar-refractivity contribution in [2.75, 3.05) is 63.8 Å². The van der Waals surface area contributed by atoms with Gasteiger partial charge in [0.1, 0.15) is 22.1 Å². The zero-order chi connectivity index (χ0) is 24.6. The minimum atomic E-state index is -3.81. The van der Waals surface area contributed by atoms with Crippen LogP contribution in [0.25, 0.3) is 0 Å². The highest BCUT2D eigenvalue weighted by Gasteiger charge is 2.29. The molecule has 1 saturated heterocycles. The number of nitrogens with zero attached hydrogens (tertiary/aromatic N) is 1. The smallest absolute Gasteiger partial charge is 0.246 e. The lowest BCUT2D eigenvalue weighted by atomic mass is 10.2. The van der Waals surface area contributed by atoms with Crippen molar-refractivity contribution in [2.45, 2.75) is 18.7 Å². The van der Waals surface area contributed by atoms with Crippen LogP contribution in [-0.2, 0) is 19.6 Å². The molecular formula is C23H31N3O7S. The van der Waals surface area contributed by atoms with E-state index in [1.54, 1.807) is 24.3 Å². The summed E-state index contributed by atoms with van der Waals surface area (Å²) in [6.45, 7) is 5.87. The molecule has 2 N–H and O–H groups in total. The Bertz CT molecular complexity index is 1090. The van der Waals surface area contributed by atoms with Crippen LogP contribution in [0.1, 0.15) is 13.8 Å². The standard InChI is InChI=1S/C23H31N3O7S/c1-4-32-18-7-9-20(33-5-2)19(15-18)24-16-23(27)25-17-6-8-21(30-3)22(14-17)34(28,29)26-10-12-31-13-11-26/h6-9,14-15,24H,4-5,10-13,16H2,1-3H3,(H,25,27). The molecule has 1 aliphatic heterocycles. The maximum absolute atomic E-state index is 13.1. The van der Waals surface area contributed by atoms with Crippen LogP contribution in [0.3, 0.4) is 0 Å². The average Bonchev–Trinajstić information content (AvgIpc) is 2.85. The van der Waals surface area contributed by atoms with Crippen LogP contribution < -0.4 is 24.8 Å².